The van der Waals surface area contributed by atoms with E-state index >= 15 is 0 Å². The van der Waals surface area contributed by atoms with Crippen LogP contribution in [0.5, 0.6) is 0 Å². The SMILES string of the molecule is COCC(N)C(=O)Nc1nc2c(s1)CCCCC2.Cl. The number of aryl methyl sites for hydroxylation is 2. The maximum Gasteiger partial charge on any atom is 0.245 e. The smallest absolute Gasteiger partial charge is 0.245 e. The minimum absolute atomic E-state index is 0. The summed E-state index contributed by atoms with van der Waals surface area (Å²) in [6.45, 7) is 0.219. The van der Waals surface area contributed by atoms with Gasteiger partial charge in [0.2, 0.25) is 5.91 Å². The lowest BCUT2D eigenvalue weighted by Crippen LogP contribution is -2.39. The number of anilines is 1. The van der Waals surface area contributed by atoms with Crippen LogP contribution in [-0.2, 0) is 22.4 Å². The van der Waals surface area contributed by atoms with E-state index in [-0.39, 0.29) is 24.9 Å². The van der Waals surface area contributed by atoms with E-state index in [0.29, 0.717) is 5.13 Å². The predicted molar refractivity (Wildman–Crippen MR) is 79.1 cm³/mol. The molecule has 1 aliphatic carbocycles. The number of nitrogens with one attached hydrogen (secondary N) is 1. The van der Waals surface area contributed by atoms with Crippen molar-refractivity contribution in [1.82, 2.24) is 4.98 Å². The van der Waals surface area contributed by atoms with Crippen molar-refractivity contribution in [3.8, 4) is 0 Å². The number of nitrogens with two attached hydrogens (primary N) is 1. The Morgan fingerprint density at radius 2 is 2.21 bits per heavy atom. The number of aromatic nitrogens is 1. The van der Waals surface area contributed by atoms with E-state index in [0.717, 1.165) is 18.5 Å². The molecule has 1 aromatic heterocycles. The number of rotatable bonds is 4. The molecule has 0 aliphatic heterocycles. The summed E-state index contributed by atoms with van der Waals surface area (Å²) in [6, 6.07) is -0.640. The fourth-order valence-electron chi connectivity index (χ4n) is 2.04. The van der Waals surface area contributed by atoms with Crippen LogP contribution in [0.15, 0.2) is 0 Å². The van der Waals surface area contributed by atoms with Crippen molar-refractivity contribution in [2.24, 2.45) is 5.73 Å². The molecule has 108 valence electrons. The number of carbonyl (C=O) groups excluding carboxylic acids is 1. The number of hydrogen-bond acceptors (Lipinski definition) is 5. The molecule has 1 unspecified atom stereocenters. The fourth-order valence-corrected chi connectivity index (χ4v) is 3.09. The third-order valence-electron chi connectivity index (χ3n) is 3.01. The molecular formula is C12H20ClN3O2S. The first-order valence-corrected chi connectivity index (χ1v) is 7.06. The third-order valence-corrected chi connectivity index (χ3v) is 4.08. The zero-order valence-corrected chi connectivity index (χ0v) is 12.6. The van der Waals surface area contributed by atoms with Gasteiger partial charge in [0.05, 0.1) is 12.3 Å². The van der Waals surface area contributed by atoms with Gasteiger partial charge in [-0.3, -0.25) is 4.79 Å². The minimum Gasteiger partial charge on any atom is -0.383 e. The molecule has 0 saturated heterocycles. The van der Waals surface area contributed by atoms with E-state index < -0.39 is 6.04 Å². The summed E-state index contributed by atoms with van der Waals surface area (Å²) < 4.78 is 4.86. The largest absolute Gasteiger partial charge is 0.383 e. The summed E-state index contributed by atoms with van der Waals surface area (Å²) >= 11 is 1.57. The molecule has 5 nitrogen and oxygen atoms in total. The van der Waals surface area contributed by atoms with E-state index in [4.69, 9.17) is 10.5 Å². The molecule has 3 N–H and O–H groups in total. The number of carbonyl (C=O) groups is 1. The predicted octanol–water partition coefficient (Wildman–Crippen LogP) is 1.75. The van der Waals surface area contributed by atoms with E-state index in [1.807, 2.05) is 0 Å². The molecule has 2 rings (SSSR count). The van der Waals surface area contributed by atoms with Crippen LogP contribution in [0.4, 0.5) is 5.13 Å². The highest BCUT2D eigenvalue weighted by Crippen LogP contribution is 2.28. The number of thiazole rings is 1. The molecule has 0 radical (unpaired) electrons. The Labute approximate surface area is 123 Å². The van der Waals surface area contributed by atoms with Gasteiger partial charge in [-0.05, 0) is 25.7 Å². The summed E-state index contributed by atoms with van der Waals surface area (Å²) in [7, 11) is 1.53. The summed E-state index contributed by atoms with van der Waals surface area (Å²) in [5.74, 6) is -0.235. The summed E-state index contributed by atoms with van der Waals surface area (Å²) in [5, 5.41) is 3.43. The van der Waals surface area contributed by atoms with Gasteiger partial charge in [-0.2, -0.15) is 0 Å². The third kappa shape index (κ3) is 4.42. The average Bonchev–Trinajstić information content (AvgIpc) is 2.59. The second kappa shape index (κ2) is 7.79. The topological polar surface area (TPSA) is 77.2 Å². The van der Waals surface area contributed by atoms with E-state index in [2.05, 4.69) is 10.3 Å². The quantitative estimate of drug-likeness (QED) is 0.831. The van der Waals surface area contributed by atoms with Crippen molar-refractivity contribution in [1.29, 1.82) is 0 Å². The van der Waals surface area contributed by atoms with Gasteiger partial charge in [-0.25, -0.2) is 4.98 Å². The molecule has 1 aromatic rings. The van der Waals surface area contributed by atoms with Gasteiger partial charge in [0.1, 0.15) is 6.04 Å². The van der Waals surface area contributed by atoms with Crippen LogP contribution in [0.25, 0.3) is 0 Å². The molecule has 0 aromatic carbocycles. The Morgan fingerprint density at radius 3 is 2.95 bits per heavy atom. The van der Waals surface area contributed by atoms with Gasteiger partial charge in [0.15, 0.2) is 5.13 Å². The number of halogens is 1. The van der Waals surface area contributed by atoms with Crippen LogP contribution in [0.1, 0.15) is 29.8 Å². The monoisotopic (exact) mass is 305 g/mol. The van der Waals surface area contributed by atoms with Gasteiger partial charge in [0, 0.05) is 12.0 Å². The summed E-state index contributed by atoms with van der Waals surface area (Å²) in [5.41, 5.74) is 6.81. The van der Waals surface area contributed by atoms with Gasteiger partial charge in [-0.1, -0.05) is 6.42 Å². The zero-order valence-electron chi connectivity index (χ0n) is 11.0. The first-order chi connectivity index (χ1) is 8.70. The molecule has 1 heterocycles. The maximum absolute atomic E-state index is 11.7. The average molecular weight is 306 g/mol. The van der Waals surface area contributed by atoms with Crippen molar-refractivity contribution in [3.05, 3.63) is 10.6 Å². The van der Waals surface area contributed by atoms with Crippen LogP contribution >= 0.6 is 23.7 Å². The first-order valence-electron chi connectivity index (χ1n) is 6.24. The number of methoxy groups -OCH3 is 1. The van der Waals surface area contributed by atoms with Crippen molar-refractivity contribution < 1.29 is 9.53 Å². The summed E-state index contributed by atoms with van der Waals surface area (Å²) in [6.07, 6.45) is 5.77. The highest BCUT2D eigenvalue weighted by atomic mass is 35.5. The fraction of sp³-hybridized carbons (Fsp3) is 0.667. The molecule has 0 fully saturated rings. The lowest BCUT2D eigenvalue weighted by molar-refractivity contribution is -0.118. The molecule has 19 heavy (non-hydrogen) atoms. The first kappa shape index (κ1) is 16.4. The van der Waals surface area contributed by atoms with Crippen LogP contribution in [-0.4, -0.2) is 30.6 Å². The van der Waals surface area contributed by atoms with Gasteiger partial charge >= 0.3 is 0 Å². The Morgan fingerprint density at radius 1 is 1.47 bits per heavy atom. The van der Waals surface area contributed by atoms with Gasteiger partial charge in [0.25, 0.3) is 0 Å². The maximum atomic E-state index is 11.7. The summed E-state index contributed by atoms with van der Waals surface area (Å²) in [4.78, 5) is 17.5. The Balaban J connectivity index is 0.00000180. The van der Waals surface area contributed by atoms with Gasteiger partial charge < -0.3 is 15.8 Å². The van der Waals surface area contributed by atoms with Crippen LogP contribution in [0, 0.1) is 0 Å². The molecule has 1 atom stereocenters. The number of hydrogen-bond donors (Lipinski definition) is 2. The zero-order chi connectivity index (χ0) is 13.0. The lowest BCUT2D eigenvalue weighted by atomic mass is 10.2. The number of ether oxygens (including phenoxy) is 1. The Kier molecular flexibility index (Phi) is 6.71. The van der Waals surface area contributed by atoms with E-state index in [1.54, 1.807) is 11.3 Å². The van der Waals surface area contributed by atoms with E-state index in [1.165, 1.54) is 31.2 Å². The van der Waals surface area contributed by atoms with Crippen LogP contribution in [0.2, 0.25) is 0 Å². The molecule has 1 amide bonds. The van der Waals surface area contributed by atoms with Crippen LogP contribution in [0.3, 0.4) is 0 Å². The van der Waals surface area contributed by atoms with Crippen molar-refractivity contribution in [2.45, 2.75) is 38.1 Å². The number of nitrogens with zero attached hydrogens (tertiary/aromatic N) is 1. The lowest BCUT2D eigenvalue weighted by Gasteiger charge is -2.08. The second-order valence-electron chi connectivity index (χ2n) is 4.50. The van der Waals surface area contributed by atoms with E-state index in [9.17, 15) is 4.79 Å². The Bertz CT molecular complexity index is 402. The number of amides is 1. The molecule has 0 spiro atoms. The second-order valence-corrected chi connectivity index (χ2v) is 5.58. The highest BCUT2D eigenvalue weighted by molar-refractivity contribution is 7.15. The number of fused-ring (bicyclic) bond motifs is 1. The molecule has 7 heteroatoms. The van der Waals surface area contributed by atoms with Crippen molar-refractivity contribution in [3.63, 3.8) is 0 Å². The normalized spacial score (nSPS) is 15.9. The van der Waals surface area contributed by atoms with Gasteiger partial charge in [-0.15, -0.1) is 23.7 Å². The van der Waals surface area contributed by atoms with Crippen LogP contribution < -0.4 is 11.1 Å². The standard InChI is InChI=1S/C12H19N3O2S.ClH/c1-17-7-8(13)11(16)15-12-14-9-5-3-2-4-6-10(9)18-12;/h8H,2-7,13H2,1H3,(H,14,15,16);1H. The minimum atomic E-state index is -0.640. The Hall–Kier alpha value is -0.690. The molecule has 1 aliphatic rings. The van der Waals surface area contributed by atoms with Crippen molar-refractivity contribution >= 4 is 34.8 Å². The molecular weight excluding hydrogens is 286 g/mol. The van der Waals surface area contributed by atoms with Crippen molar-refractivity contribution in [2.75, 3.05) is 19.0 Å². The highest BCUT2D eigenvalue weighted by Gasteiger charge is 2.18. The molecule has 0 bridgehead atoms. The molecule has 0 saturated carbocycles.